The first-order chi connectivity index (χ1) is 15.4. The van der Waals surface area contributed by atoms with Gasteiger partial charge in [0.25, 0.3) is 0 Å². The number of hydrogen-bond acceptors (Lipinski definition) is 8. The molecule has 4 rings (SSSR count). The molecule has 2 fully saturated rings. The third-order valence-corrected chi connectivity index (χ3v) is 8.59. The Bertz CT molecular complexity index is 1060. The normalized spacial score (nSPS) is 22.1. The SMILES string of the molecule is COc1cccc(-c2nc(CC(=O)N(CC3CCCO3)C3CCS(=O)(=O)C3)cs2)c1OC. The van der Waals surface area contributed by atoms with Gasteiger partial charge >= 0.3 is 0 Å². The lowest BCUT2D eigenvalue weighted by molar-refractivity contribution is -0.134. The van der Waals surface area contributed by atoms with Gasteiger partial charge in [0.2, 0.25) is 5.91 Å². The molecule has 2 aromatic rings. The van der Waals surface area contributed by atoms with E-state index in [9.17, 15) is 13.2 Å². The quantitative estimate of drug-likeness (QED) is 0.573. The van der Waals surface area contributed by atoms with Crippen LogP contribution in [0.25, 0.3) is 10.6 Å². The van der Waals surface area contributed by atoms with Gasteiger partial charge in [-0.3, -0.25) is 4.79 Å². The Hall–Kier alpha value is -2.17. The summed E-state index contributed by atoms with van der Waals surface area (Å²) in [6.45, 7) is 1.12. The summed E-state index contributed by atoms with van der Waals surface area (Å²) in [5.74, 6) is 1.25. The van der Waals surface area contributed by atoms with Crippen LogP contribution < -0.4 is 9.47 Å². The van der Waals surface area contributed by atoms with Crippen molar-refractivity contribution in [3.8, 4) is 22.1 Å². The van der Waals surface area contributed by atoms with E-state index in [2.05, 4.69) is 4.98 Å². The molecule has 8 nitrogen and oxygen atoms in total. The number of nitrogens with zero attached hydrogens (tertiary/aromatic N) is 2. The van der Waals surface area contributed by atoms with E-state index in [1.165, 1.54) is 11.3 Å². The molecule has 0 N–H and O–H groups in total. The van der Waals surface area contributed by atoms with E-state index < -0.39 is 9.84 Å². The molecule has 2 aliphatic rings. The summed E-state index contributed by atoms with van der Waals surface area (Å²) in [6, 6.07) is 5.29. The van der Waals surface area contributed by atoms with Gasteiger partial charge < -0.3 is 19.1 Å². The maximum Gasteiger partial charge on any atom is 0.228 e. The summed E-state index contributed by atoms with van der Waals surface area (Å²) in [7, 11) is 0.0634. The monoisotopic (exact) mass is 480 g/mol. The van der Waals surface area contributed by atoms with Gasteiger partial charge in [0.05, 0.1) is 49.5 Å². The number of sulfone groups is 1. The van der Waals surface area contributed by atoms with Crippen molar-refractivity contribution in [1.82, 2.24) is 9.88 Å². The van der Waals surface area contributed by atoms with Crippen LogP contribution in [0, 0.1) is 0 Å². The lowest BCUT2D eigenvalue weighted by Gasteiger charge is -2.30. The molecule has 0 aliphatic carbocycles. The van der Waals surface area contributed by atoms with Gasteiger partial charge in [0, 0.05) is 24.6 Å². The molecule has 0 radical (unpaired) electrons. The number of benzene rings is 1. The van der Waals surface area contributed by atoms with Crippen LogP contribution in [0.3, 0.4) is 0 Å². The number of ether oxygens (including phenoxy) is 3. The number of amides is 1. The highest BCUT2D eigenvalue weighted by Gasteiger charge is 2.36. The van der Waals surface area contributed by atoms with Crippen molar-refractivity contribution in [1.29, 1.82) is 0 Å². The summed E-state index contributed by atoms with van der Waals surface area (Å²) >= 11 is 1.43. The van der Waals surface area contributed by atoms with E-state index in [1.807, 2.05) is 23.6 Å². The Balaban J connectivity index is 1.52. The smallest absolute Gasteiger partial charge is 0.228 e. The second-order valence-electron chi connectivity index (χ2n) is 8.10. The van der Waals surface area contributed by atoms with Gasteiger partial charge in [-0.1, -0.05) is 6.07 Å². The van der Waals surface area contributed by atoms with Gasteiger partial charge in [-0.05, 0) is 31.4 Å². The van der Waals surface area contributed by atoms with E-state index in [0.29, 0.717) is 36.8 Å². The van der Waals surface area contributed by atoms with Crippen molar-refractivity contribution < 1.29 is 27.4 Å². The maximum atomic E-state index is 13.3. The summed E-state index contributed by atoms with van der Waals surface area (Å²) < 4.78 is 40.7. The molecule has 0 bridgehead atoms. The number of thiazole rings is 1. The highest BCUT2D eigenvalue weighted by Crippen LogP contribution is 2.39. The molecule has 2 saturated heterocycles. The number of hydrogen-bond donors (Lipinski definition) is 0. The Morgan fingerprint density at radius 1 is 1.28 bits per heavy atom. The molecule has 0 saturated carbocycles. The minimum absolute atomic E-state index is 0.0226. The molecule has 10 heteroatoms. The van der Waals surface area contributed by atoms with Crippen molar-refractivity contribution >= 4 is 27.1 Å². The van der Waals surface area contributed by atoms with Crippen LogP contribution in [-0.2, 0) is 25.8 Å². The lowest BCUT2D eigenvalue weighted by atomic mass is 10.1. The molecule has 174 valence electrons. The minimum Gasteiger partial charge on any atom is -0.493 e. The Labute approximate surface area is 192 Å². The van der Waals surface area contributed by atoms with E-state index in [1.54, 1.807) is 19.1 Å². The van der Waals surface area contributed by atoms with Gasteiger partial charge in [-0.15, -0.1) is 11.3 Å². The average molecular weight is 481 g/mol. The zero-order valence-corrected chi connectivity index (χ0v) is 19.9. The Morgan fingerprint density at radius 2 is 2.12 bits per heavy atom. The molecule has 2 aliphatic heterocycles. The number of rotatable bonds is 8. The summed E-state index contributed by atoms with van der Waals surface area (Å²) in [4.78, 5) is 19.6. The molecular formula is C22H28N2O6S2. The van der Waals surface area contributed by atoms with Crippen molar-refractivity contribution in [3.05, 3.63) is 29.3 Å². The first-order valence-electron chi connectivity index (χ1n) is 10.7. The second-order valence-corrected chi connectivity index (χ2v) is 11.2. The van der Waals surface area contributed by atoms with Crippen LogP contribution in [0.2, 0.25) is 0 Å². The van der Waals surface area contributed by atoms with Gasteiger partial charge in [-0.25, -0.2) is 13.4 Å². The summed E-state index contributed by atoms with van der Waals surface area (Å²) in [5, 5.41) is 2.60. The van der Waals surface area contributed by atoms with E-state index >= 15 is 0 Å². The van der Waals surface area contributed by atoms with Gasteiger partial charge in [-0.2, -0.15) is 0 Å². The minimum atomic E-state index is -3.10. The van der Waals surface area contributed by atoms with Crippen molar-refractivity contribution in [2.45, 2.75) is 37.8 Å². The zero-order chi connectivity index (χ0) is 22.7. The molecule has 3 heterocycles. The van der Waals surface area contributed by atoms with Gasteiger partial charge in [0.1, 0.15) is 5.01 Å². The van der Waals surface area contributed by atoms with Crippen LogP contribution >= 0.6 is 11.3 Å². The first kappa shape index (κ1) is 23.0. The van der Waals surface area contributed by atoms with E-state index in [-0.39, 0.29) is 36.0 Å². The second kappa shape index (κ2) is 9.76. The first-order valence-corrected chi connectivity index (χ1v) is 13.4. The fourth-order valence-corrected chi connectivity index (χ4v) is 6.88. The lowest BCUT2D eigenvalue weighted by Crippen LogP contribution is -2.46. The highest BCUT2D eigenvalue weighted by atomic mass is 32.2. The van der Waals surface area contributed by atoms with Crippen LogP contribution in [0.15, 0.2) is 23.6 Å². The summed E-state index contributed by atoms with van der Waals surface area (Å²) in [6.07, 6.45) is 2.41. The van der Waals surface area contributed by atoms with E-state index in [0.717, 1.165) is 23.4 Å². The topological polar surface area (TPSA) is 95.0 Å². The molecule has 1 aromatic heterocycles. The number of carbonyl (C=O) groups excluding carboxylic acids is 1. The van der Waals surface area contributed by atoms with Crippen molar-refractivity contribution in [2.24, 2.45) is 0 Å². The Kier molecular flexibility index (Phi) is 7.02. The van der Waals surface area contributed by atoms with Crippen molar-refractivity contribution in [2.75, 3.05) is 38.9 Å². The third-order valence-electron chi connectivity index (χ3n) is 5.91. The predicted molar refractivity (Wildman–Crippen MR) is 122 cm³/mol. The number of carbonyl (C=O) groups is 1. The highest BCUT2D eigenvalue weighted by molar-refractivity contribution is 7.91. The molecule has 2 unspecified atom stereocenters. The van der Waals surface area contributed by atoms with Crippen molar-refractivity contribution in [3.63, 3.8) is 0 Å². The maximum absolute atomic E-state index is 13.3. The van der Waals surface area contributed by atoms with E-state index in [4.69, 9.17) is 14.2 Å². The average Bonchev–Trinajstić information content (AvgIpc) is 3.52. The van der Waals surface area contributed by atoms with Crippen LogP contribution in [0.4, 0.5) is 0 Å². The van der Waals surface area contributed by atoms with Crippen LogP contribution in [0.1, 0.15) is 25.0 Å². The fourth-order valence-electron chi connectivity index (χ4n) is 4.31. The number of aromatic nitrogens is 1. The van der Waals surface area contributed by atoms with Crippen LogP contribution in [-0.4, -0.2) is 75.2 Å². The predicted octanol–water partition coefficient (Wildman–Crippen LogP) is 2.56. The van der Waals surface area contributed by atoms with Crippen LogP contribution in [0.5, 0.6) is 11.5 Å². The number of para-hydroxylation sites is 1. The Morgan fingerprint density at radius 3 is 2.78 bits per heavy atom. The zero-order valence-electron chi connectivity index (χ0n) is 18.3. The van der Waals surface area contributed by atoms with Gasteiger partial charge in [0.15, 0.2) is 21.3 Å². The molecule has 1 aromatic carbocycles. The third kappa shape index (κ3) is 5.07. The molecule has 1 amide bonds. The molecule has 2 atom stereocenters. The molecular weight excluding hydrogens is 452 g/mol. The number of methoxy groups -OCH3 is 2. The molecule has 0 spiro atoms. The largest absolute Gasteiger partial charge is 0.493 e. The molecule has 32 heavy (non-hydrogen) atoms. The fraction of sp³-hybridized carbons (Fsp3) is 0.545. The standard InChI is InChI=1S/C22H28N2O6S2/c1-28-19-7-3-6-18(21(19)29-2)22-23-15(13-31-22)11-20(25)24(12-17-5-4-9-30-17)16-8-10-32(26,27)14-16/h3,6-7,13,16-17H,4-5,8-12,14H2,1-2H3. The summed E-state index contributed by atoms with van der Waals surface area (Å²) in [5.41, 5.74) is 1.45.